The maximum atomic E-state index is 14.6. The average Bonchev–Trinajstić information content (AvgIpc) is 4.12. The minimum Gasteiger partial charge on any atom is -0.388 e. The van der Waals surface area contributed by atoms with Gasteiger partial charge in [-0.2, -0.15) is 0 Å². The number of amides is 5. The molecule has 0 spiro atoms. The first-order valence-electron chi connectivity index (χ1n) is 25.3. The summed E-state index contributed by atoms with van der Waals surface area (Å²) in [5.74, 6) is -3.44. The van der Waals surface area contributed by atoms with Crippen molar-refractivity contribution in [2.24, 2.45) is 29.6 Å². The summed E-state index contributed by atoms with van der Waals surface area (Å²) in [6.45, 7) is 12.8. The van der Waals surface area contributed by atoms with E-state index in [2.05, 4.69) is 5.32 Å². The van der Waals surface area contributed by atoms with Crippen LogP contribution in [0.3, 0.4) is 0 Å². The van der Waals surface area contributed by atoms with Crippen molar-refractivity contribution in [3.63, 3.8) is 0 Å². The molecule has 1 unspecified atom stereocenters. The van der Waals surface area contributed by atoms with E-state index < -0.39 is 41.7 Å². The number of Topliss-reactive ketones (excluding diaryl/α,β-unsaturated/α-hetero) is 2. The molecule has 1 aromatic rings. The number of rotatable bonds is 32. The first-order chi connectivity index (χ1) is 33.3. The summed E-state index contributed by atoms with van der Waals surface area (Å²) < 4.78 is 28.6. The Morgan fingerprint density at radius 2 is 1.40 bits per heavy atom. The van der Waals surface area contributed by atoms with Gasteiger partial charge in [-0.3, -0.25) is 38.5 Å². The van der Waals surface area contributed by atoms with Crippen LogP contribution in [0.4, 0.5) is 0 Å². The van der Waals surface area contributed by atoms with Gasteiger partial charge in [0.25, 0.3) is 11.8 Å². The monoisotopic (exact) mass is 983 g/mol. The molecule has 8 atom stereocenters. The number of hydrogen-bond acceptors (Lipinski definition) is 13. The number of carbonyl (C=O) groups is 7. The molecule has 2 N–H and O–H groups in total. The summed E-state index contributed by atoms with van der Waals surface area (Å²) in [5, 5.41) is 13.8. The SMILES string of the molecule is COC(CC(=O)N1CCC[C@H]1[C@H](OC)[C@@H](C)C(=O)C[C@H](C)[C@@H](O)c1ccccc1)[C@H](C1CCCC1)N(C)C(=O)[C@H](CC(=O)C(C)(C)NC(=O)CCOCCOCCOCCN1C(=O)C=CC1=O)C(C)C. The fourth-order valence-electron chi connectivity index (χ4n) is 10.2. The van der Waals surface area contributed by atoms with Crippen LogP contribution in [0, 0.1) is 29.6 Å². The number of ketones is 2. The number of likely N-dealkylation sites (tertiary alicyclic amines) is 1. The van der Waals surface area contributed by atoms with Gasteiger partial charge in [0.2, 0.25) is 17.7 Å². The van der Waals surface area contributed by atoms with Crippen LogP contribution in [-0.2, 0) is 57.2 Å². The van der Waals surface area contributed by atoms with Crippen molar-refractivity contribution in [1.82, 2.24) is 20.0 Å². The standard InChI is InChI=1S/C53H82N4O13/c1-35(2)40(33-44(59)53(5,6)54-45(60)23-26-68-28-30-70-31-29-69-27-25-57-46(61)21-22-47(57)62)52(65)55(7)49(38-16-13-14-17-38)43(66-8)34-48(63)56-24-15-20-41(56)51(67-9)37(4)42(58)32-36(3)50(64)39-18-11-10-12-19-39/h10-12,18-19,21-22,35-38,40-41,43,49-51,64H,13-17,20,23-34H2,1-9H3,(H,54,60)/t36-,37-,40+,41-,43?,49-,50+,51+/m0/s1. The third-order valence-electron chi connectivity index (χ3n) is 14.5. The first-order valence-corrected chi connectivity index (χ1v) is 25.3. The molecule has 17 heteroatoms. The van der Waals surface area contributed by atoms with Gasteiger partial charge < -0.3 is 43.9 Å². The molecule has 392 valence electrons. The summed E-state index contributed by atoms with van der Waals surface area (Å²) in [7, 11) is 4.89. The number of aliphatic hydroxyl groups is 1. The van der Waals surface area contributed by atoms with Crippen LogP contribution < -0.4 is 5.32 Å². The molecule has 17 nitrogen and oxygen atoms in total. The van der Waals surface area contributed by atoms with E-state index in [1.54, 1.807) is 40.0 Å². The third-order valence-corrected chi connectivity index (χ3v) is 14.5. The van der Waals surface area contributed by atoms with Crippen molar-refractivity contribution in [3.05, 3.63) is 48.0 Å². The number of aliphatic hydroxyl groups excluding tert-OH is 1. The molecule has 2 aliphatic heterocycles. The van der Waals surface area contributed by atoms with Crippen molar-refractivity contribution in [3.8, 4) is 0 Å². The predicted octanol–water partition coefficient (Wildman–Crippen LogP) is 4.87. The zero-order valence-corrected chi connectivity index (χ0v) is 43.2. The molecule has 1 saturated heterocycles. The quantitative estimate of drug-likeness (QED) is 0.0731. The second-order valence-electron chi connectivity index (χ2n) is 20.2. The van der Waals surface area contributed by atoms with E-state index in [0.29, 0.717) is 13.0 Å². The second-order valence-corrected chi connectivity index (χ2v) is 20.2. The smallest absolute Gasteiger partial charge is 0.253 e. The van der Waals surface area contributed by atoms with Crippen LogP contribution in [0.1, 0.15) is 117 Å². The zero-order valence-electron chi connectivity index (χ0n) is 43.2. The van der Waals surface area contributed by atoms with Crippen molar-refractivity contribution in [1.29, 1.82) is 0 Å². The predicted molar refractivity (Wildman–Crippen MR) is 262 cm³/mol. The van der Waals surface area contributed by atoms with Crippen LogP contribution in [0.15, 0.2) is 42.5 Å². The Kier molecular flexibility index (Phi) is 23.8. The van der Waals surface area contributed by atoms with E-state index in [4.69, 9.17) is 23.7 Å². The van der Waals surface area contributed by atoms with Gasteiger partial charge in [0.05, 0.1) is 88.5 Å². The highest BCUT2D eigenvalue weighted by Gasteiger charge is 2.45. The Labute approximate surface area is 415 Å². The Morgan fingerprint density at radius 1 is 0.800 bits per heavy atom. The van der Waals surface area contributed by atoms with Crippen molar-refractivity contribution < 1.29 is 62.4 Å². The largest absolute Gasteiger partial charge is 0.388 e. The van der Waals surface area contributed by atoms with E-state index in [-0.39, 0.29) is 137 Å². The van der Waals surface area contributed by atoms with Gasteiger partial charge in [0, 0.05) is 71.1 Å². The van der Waals surface area contributed by atoms with Crippen molar-refractivity contribution in [2.45, 2.75) is 142 Å². The molecule has 2 heterocycles. The van der Waals surface area contributed by atoms with Gasteiger partial charge >= 0.3 is 0 Å². The van der Waals surface area contributed by atoms with Gasteiger partial charge in [-0.15, -0.1) is 0 Å². The van der Waals surface area contributed by atoms with Crippen LogP contribution in [-0.4, -0.2) is 165 Å². The fourth-order valence-corrected chi connectivity index (χ4v) is 10.2. The van der Waals surface area contributed by atoms with Crippen LogP contribution in [0.5, 0.6) is 0 Å². The van der Waals surface area contributed by atoms with Gasteiger partial charge in [0.15, 0.2) is 5.78 Å². The lowest BCUT2D eigenvalue weighted by Crippen LogP contribution is -2.55. The maximum Gasteiger partial charge on any atom is 0.253 e. The number of nitrogens with zero attached hydrogens (tertiary/aromatic N) is 3. The fraction of sp³-hybridized carbons (Fsp3) is 0.717. The Morgan fingerprint density at radius 3 is 1.99 bits per heavy atom. The van der Waals surface area contributed by atoms with E-state index in [1.807, 2.05) is 62.9 Å². The minimum absolute atomic E-state index is 0.0129. The summed E-state index contributed by atoms with van der Waals surface area (Å²) in [6.07, 6.45) is 5.72. The molecular formula is C53H82N4O13. The Balaban J connectivity index is 1.29. The molecule has 1 saturated carbocycles. The first kappa shape index (κ1) is 58.2. The van der Waals surface area contributed by atoms with Gasteiger partial charge in [-0.25, -0.2) is 0 Å². The molecule has 3 aliphatic rings. The maximum absolute atomic E-state index is 14.6. The molecule has 1 aliphatic carbocycles. The van der Waals surface area contributed by atoms with E-state index in [9.17, 15) is 38.7 Å². The minimum atomic E-state index is -1.26. The second kappa shape index (κ2) is 28.6. The number of nitrogens with one attached hydrogen (secondary N) is 1. The van der Waals surface area contributed by atoms with Crippen molar-refractivity contribution in [2.75, 3.05) is 74.0 Å². The average molecular weight is 983 g/mol. The number of carbonyl (C=O) groups excluding carboxylic acids is 7. The van der Waals surface area contributed by atoms with Crippen molar-refractivity contribution >= 4 is 41.1 Å². The molecule has 0 aromatic heterocycles. The highest BCUT2D eigenvalue weighted by molar-refractivity contribution is 6.12. The number of hydrogen-bond donors (Lipinski definition) is 2. The van der Waals surface area contributed by atoms with Crippen LogP contribution >= 0.6 is 0 Å². The molecular weight excluding hydrogens is 901 g/mol. The third kappa shape index (κ3) is 16.6. The van der Waals surface area contributed by atoms with Crippen LogP contribution in [0.25, 0.3) is 0 Å². The number of likely N-dealkylation sites (N-methyl/N-ethyl adjacent to an activating group) is 1. The molecule has 0 bridgehead atoms. The number of methoxy groups -OCH3 is 2. The van der Waals surface area contributed by atoms with E-state index in [1.165, 1.54) is 12.2 Å². The summed E-state index contributed by atoms with van der Waals surface area (Å²) in [4.78, 5) is 97.5. The van der Waals surface area contributed by atoms with Crippen LogP contribution in [0.2, 0.25) is 0 Å². The Bertz CT molecular complexity index is 1890. The summed E-state index contributed by atoms with van der Waals surface area (Å²) >= 11 is 0. The molecule has 1 aromatic carbocycles. The molecule has 0 radical (unpaired) electrons. The van der Waals surface area contributed by atoms with Gasteiger partial charge in [-0.05, 0) is 62.8 Å². The number of imide groups is 1. The number of benzene rings is 1. The summed E-state index contributed by atoms with van der Waals surface area (Å²) in [6, 6.07) is 8.52. The highest BCUT2D eigenvalue weighted by atomic mass is 16.5. The lowest BCUT2D eigenvalue weighted by molar-refractivity contribution is -0.149. The Hall–Kier alpha value is -4.39. The molecule has 2 fully saturated rings. The topological polar surface area (TPSA) is 208 Å². The lowest BCUT2D eigenvalue weighted by atomic mass is 9.82. The van der Waals surface area contributed by atoms with Gasteiger partial charge in [-0.1, -0.05) is 70.9 Å². The summed E-state index contributed by atoms with van der Waals surface area (Å²) in [5.41, 5.74) is -0.508. The van der Waals surface area contributed by atoms with E-state index in [0.717, 1.165) is 42.6 Å². The zero-order chi connectivity index (χ0) is 51.5. The molecule has 5 amide bonds. The lowest BCUT2D eigenvalue weighted by Gasteiger charge is -2.41. The molecule has 4 rings (SSSR count). The van der Waals surface area contributed by atoms with E-state index >= 15 is 0 Å². The highest BCUT2D eigenvalue weighted by Crippen LogP contribution is 2.36. The molecule has 70 heavy (non-hydrogen) atoms. The normalized spacial score (nSPS) is 19.6. The van der Waals surface area contributed by atoms with Gasteiger partial charge in [0.1, 0.15) is 5.78 Å². The number of ether oxygens (including phenoxy) is 5.